The molecule has 2 heterocycles. The lowest BCUT2D eigenvalue weighted by molar-refractivity contribution is 0.253. The van der Waals surface area contributed by atoms with Crippen molar-refractivity contribution < 1.29 is 0 Å². The van der Waals surface area contributed by atoms with Gasteiger partial charge in [-0.25, -0.2) is 4.98 Å². The Bertz CT molecular complexity index is 573. The lowest BCUT2D eigenvalue weighted by Crippen LogP contribution is -2.38. The van der Waals surface area contributed by atoms with Crippen LogP contribution in [-0.4, -0.2) is 15.4 Å². The molecule has 1 N–H and O–H groups in total. The number of nitrogens with one attached hydrogen (secondary N) is 1. The molecule has 0 aromatic carbocycles. The summed E-state index contributed by atoms with van der Waals surface area (Å²) in [6.07, 6.45) is 8.91. The van der Waals surface area contributed by atoms with E-state index in [1.54, 1.807) is 0 Å². The van der Waals surface area contributed by atoms with Gasteiger partial charge in [0, 0.05) is 18.8 Å². The Morgan fingerprint density at radius 3 is 3.00 bits per heavy atom. The van der Waals surface area contributed by atoms with Gasteiger partial charge in [-0.05, 0) is 37.8 Å². The van der Waals surface area contributed by atoms with Gasteiger partial charge in [-0.3, -0.25) is 0 Å². The second kappa shape index (κ2) is 5.96. The Hall–Kier alpha value is -1.35. The third kappa shape index (κ3) is 2.59. The Balaban J connectivity index is 1.74. The van der Waals surface area contributed by atoms with E-state index in [9.17, 15) is 0 Å². The predicted molar refractivity (Wildman–Crippen MR) is 82.8 cm³/mol. The molecule has 3 nitrogen and oxygen atoms in total. The van der Waals surface area contributed by atoms with E-state index in [4.69, 9.17) is 0 Å². The molecule has 2 atom stereocenters. The highest BCUT2D eigenvalue weighted by Gasteiger charge is 2.23. The molecule has 2 unspecified atom stereocenters. The van der Waals surface area contributed by atoms with E-state index in [1.165, 1.54) is 37.8 Å². The minimum absolute atomic E-state index is 0.683. The highest BCUT2D eigenvalue weighted by molar-refractivity contribution is 5.42. The van der Waals surface area contributed by atoms with Gasteiger partial charge >= 0.3 is 0 Å². The van der Waals surface area contributed by atoms with Crippen molar-refractivity contribution in [1.29, 1.82) is 0 Å². The standard InChI is InChI=1S/C17H25N3/c1-3-14-8-4-5-9-15(14)18-12-16-13(2)19-17-10-6-7-11-20(16)17/h6-7,10-11,14-15,18H,3-5,8-9,12H2,1-2H3. The van der Waals surface area contributed by atoms with Gasteiger partial charge in [-0.15, -0.1) is 0 Å². The number of aryl methyl sites for hydroxylation is 1. The lowest BCUT2D eigenvalue weighted by atomic mass is 9.83. The van der Waals surface area contributed by atoms with Gasteiger partial charge in [0.05, 0.1) is 11.4 Å². The predicted octanol–water partition coefficient (Wildman–Crippen LogP) is 3.70. The molecule has 0 radical (unpaired) electrons. The molecule has 1 aliphatic rings. The zero-order valence-corrected chi connectivity index (χ0v) is 12.6. The van der Waals surface area contributed by atoms with E-state index in [0.29, 0.717) is 6.04 Å². The summed E-state index contributed by atoms with van der Waals surface area (Å²) in [6.45, 7) is 5.37. The Morgan fingerprint density at radius 1 is 1.30 bits per heavy atom. The second-order valence-electron chi connectivity index (χ2n) is 6.01. The van der Waals surface area contributed by atoms with Crippen molar-refractivity contribution >= 4 is 5.65 Å². The molecule has 0 amide bonds. The summed E-state index contributed by atoms with van der Waals surface area (Å²) in [5, 5.41) is 3.80. The van der Waals surface area contributed by atoms with Crippen LogP contribution < -0.4 is 5.32 Å². The van der Waals surface area contributed by atoms with Crippen LogP contribution >= 0.6 is 0 Å². The topological polar surface area (TPSA) is 29.3 Å². The summed E-state index contributed by atoms with van der Waals surface area (Å²) >= 11 is 0. The highest BCUT2D eigenvalue weighted by atomic mass is 15.0. The van der Waals surface area contributed by atoms with E-state index in [0.717, 1.165) is 23.8 Å². The van der Waals surface area contributed by atoms with Crippen LogP contribution in [0.3, 0.4) is 0 Å². The van der Waals surface area contributed by atoms with Crippen molar-refractivity contribution in [3.8, 4) is 0 Å². The van der Waals surface area contributed by atoms with E-state index in [-0.39, 0.29) is 0 Å². The summed E-state index contributed by atoms with van der Waals surface area (Å²) in [7, 11) is 0. The van der Waals surface area contributed by atoms with Crippen molar-refractivity contribution in [2.24, 2.45) is 5.92 Å². The first-order valence-corrected chi connectivity index (χ1v) is 7.95. The minimum atomic E-state index is 0.683. The Morgan fingerprint density at radius 2 is 2.15 bits per heavy atom. The third-order valence-electron chi connectivity index (χ3n) is 4.79. The van der Waals surface area contributed by atoms with E-state index in [2.05, 4.69) is 46.9 Å². The van der Waals surface area contributed by atoms with Crippen LogP contribution in [0.2, 0.25) is 0 Å². The fraction of sp³-hybridized carbons (Fsp3) is 0.588. The smallest absolute Gasteiger partial charge is 0.137 e. The van der Waals surface area contributed by atoms with Crippen molar-refractivity contribution in [2.45, 2.75) is 58.5 Å². The van der Waals surface area contributed by atoms with Gasteiger partial charge in [0.15, 0.2) is 0 Å². The molecule has 108 valence electrons. The largest absolute Gasteiger partial charge is 0.308 e. The molecule has 3 heteroatoms. The molecule has 1 aliphatic carbocycles. The number of imidazole rings is 1. The van der Waals surface area contributed by atoms with Crippen LogP contribution in [0.5, 0.6) is 0 Å². The van der Waals surface area contributed by atoms with Crippen molar-refractivity contribution in [1.82, 2.24) is 14.7 Å². The zero-order valence-electron chi connectivity index (χ0n) is 12.6. The maximum Gasteiger partial charge on any atom is 0.137 e. The number of hydrogen-bond acceptors (Lipinski definition) is 2. The van der Waals surface area contributed by atoms with Crippen LogP contribution in [0.1, 0.15) is 50.4 Å². The molecule has 1 saturated carbocycles. The Kier molecular flexibility index (Phi) is 4.06. The van der Waals surface area contributed by atoms with Gasteiger partial charge in [0.1, 0.15) is 5.65 Å². The molecule has 0 aliphatic heterocycles. The van der Waals surface area contributed by atoms with Crippen LogP contribution in [0.4, 0.5) is 0 Å². The fourth-order valence-corrected chi connectivity index (χ4v) is 3.57. The molecule has 0 saturated heterocycles. The molecule has 20 heavy (non-hydrogen) atoms. The maximum atomic E-state index is 4.64. The van der Waals surface area contributed by atoms with Gasteiger partial charge < -0.3 is 9.72 Å². The molecular formula is C17H25N3. The van der Waals surface area contributed by atoms with Gasteiger partial charge in [0.25, 0.3) is 0 Å². The monoisotopic (exact) mass is 271 g/mol. The van der Waals surface area contributed by atoms with Gasteiger partial charge in [-0.1, -0.05) is 32.3 Å². The number of fused-ring (bicyclic) bond motifs is 1. The number of aromatic nitrogens is 2. The first kappa shape index (κ1) is 13.6. The molecular weight excluding hydrogens is 246 g/mol. The average Bonchev–Trinajstić information content (AvgIpc) is 2.81. The molecule has 2 aromatic heterocycles. The van der Waals surface area contributed by atoms with Crippen molar-refractivity contribution in [3.05, 3.63) is 35.8 Å². The average molecular weight is 271 g/mol. The number of pyridine rings is 1. The van der Waals surface area contributed by atoms with Crippen LogP contribution in [-0.2, 0) is 6.54 Å². The van der Waals surface area contributed by atoms with Crippen LogP contribution in [0, 0.1) is 12.8 Å². The van der Waals surface area contributed by atoms with Gasteiger partial charge in [-0.2, -0.15) is 0 Å². The fourth-order valence-electron chi connectivity index (χ4n) is 3.57. The first-order valence-electron chi connectivity index (χ1n) is 7.95. The molecule has 0 bridgehead atoms. The summed E-state index contributed by atoms with van der Waals surface area (Å²) in [6, 6.07) is 6.88. The maximum absolute atomic E-state index is 4.64. The van der Waals surface area contributed by atoms with Crippen molar-refractivity contribution in [3.63, 3.8) is 0 Å². The van der Waals surface area contributed by atoms with Crippen LogP contribution in [0.25, 0.3) is 5.65 Å². The van der Waals surface area contributed by atoms with Crippen LogP contribution in [0.15, 0.2) is 24.4 Å². The molecule has 3 rings (SSSR count). The zero-order chi connectivity index (χ0) is 13.9. The number of hydrogen-bond donors (Lipinski definition) is 1. The lowest BCUT2D eigenvalue weighted by Gasteiger charge is -2.31. The SMILES string of the molecule is CCC1CCCCC1NCc1c(C)nc2ccccn12. The third-order valence-corrected chi connectivity index (χ3v) is 4.79. The van der Waals surface area contributed by atoms with E-state index < -0.39 is 0 Å². The van der Waals surface area contributed by atoms with E-state index >= 15 is 0 Å². The summed E-state index contributed by atoms with van der Waals surface area (Å²) in [4.78, 5) is 4.64. The summed E-state index contributed by atoms with van der Waals surface area (Å²) < 4.78 is 2.21. The molecule has 0 spiro atoms. The molecule has 1 fully saturated rings. The highest BCUT2D eigenvalue weighted by Crippen LogP contribution is 2.27. The van der Waals surface area contributed by atoms with Gasteiger partial charge in [0.2, 0.25) is 0 Å². The quantitative estimate of drug-likeness (QED) is 0.918. The van der Waals surface area contributed by atoms with E-state index in [1.807, 2.05) is 6.07 Å². The van der Waals surface area contributed by atoms with Crippen molar-refractivity contribution in [2.75, 3.05) is 0 Å². The number of nitrogens with zero attached hydrogens (tertiary/aromatic N) is 2. The Labute approximate surface area is 121 Å². The summed E-state index contributed by atoms with van der Waals surface area (Å²) in [5.41, 5.74) is 3.51. The minimum Gasteiger partial charge on any atom is -0.308 e. The second-order valence-corrected chi connectivity index (χ2v) is 6.01. The normalized spacial score (nSPS) is 23.3. The summed E-state index contributed by atoms with van der Waals surface area (Å²) in [5.74, 6) is 0.850. The first-order chi connectivity index (χ1) is 9.79. The number of rotatable bonds is 4. The molecule has 2 aromatic rings.